The largest absolute Gasteiger partial charge is 0.497 e. The Kier molecular flexibility index (Phi) is 5.09. The molecule has 0 aliphatic rings. The van der Waals surface area contributed by atoms with Gasteiger partial charge in [-0.3, -0.25) is 9.78 Å². The highest BCUT2D eigenvalue weighted by Gasteiger charge is 2.33. The fraction of sp³-hybridized carbons (Fsp3) is 0.111. The SMILES string of the molecule is COc1cccc(-c2cc(=O)[nH]c(Nc3ccc(Cl)c(C(F)(F)F)c3)n2)c1. The summed E-state index contributed by atoms with van der Waals surface area (Å²) < 4.78 is 44.1. The summed E-state index contributed by atoms with van der Waals surface area (Å²) in [7, 11) is 1.51. The number of aromatic nitrogens is 2. The van der Waals surface area contributed by atoms with E-state index in [0.29, 0.717) is 17.0 Å². The Labute approximate surface area is 156 Å². The van der Waals surface area contributed by atoms with Gasteiger partial charge in [0.15, 0.2) is 0 Å². The van der Waals surface area contributed by atoms with E-state index in [1.807, 2.05) is 0 Å². The number of hydrogen-bond acceptors (Lipinski definition) is 4. The van der Waals surface area contributed by atoms with Crippen LogP contribution in [0.4, 0.5) is 24.8 Å². The zero-order chi connectivity index (χ0) is 19.6. The number of anilines is 2. The molecule has 0 spiro atoms. The van der Waals surface area contributed by atoms with Gasteiger partial charge in [-0.1, -0.05) is 23.7 Å². The van der Waals surface area contributed by atoms with Crippen molar-refractivity contribution in [1.82, 2.24) is 9.97 Å². The van der Waals surface area contributed by atoms with Crippen LogP contribution in [0.25, 0.3) is 11.3 Å². The smallest absolute Gasteiger partial charge is 0.417 e. The Morgan fingerprint density at radius 2 is 1.93 bits per heavy atom. The first-order valence-corrected chi connectivity index (χ1v) is 8.03. The van der Waals surface area contributed by atoms with E-state index in [9.17, 15) is 18.0 Å². The molecule has 0 amide bonds. The van der Waals surface area contributed by atoms with Gasteiger partial charge in [0.25, 0.3) is 5.56 Å². The van der Waals surface area contributed by atoms with Gasteiger partial charge < -0.3 is 10.1 Å². The van der Waals surface area contributed by atoms with E-state index in [1.165, 1.54) is 19.2 Å². The maximum atomic E-state index is 13.0. The second-order valence-electron chi connectivity index (χ2n) is 5.53. The van der Waals surface area contributed by atoms with Gasteiger partial charge in [0.1, 0.15) is 5.75 Å². The average Bonchev–Trinajstić information content (AvgIpc) is 2.62. The van der Waals surface area contributed by atoms with Crippen LogP contribution in [0.15, 0.2) is 53.3 Å². The predicted octanol–water partition coefficient (Wildman–Crippen LogP) is 4.86. The number of H-pyrrole nitrogens is 1. The lowest BCUT2D eigenvalue weighted by Gasteiger charge is -2.12. The Balaban J connectivity index is 1.97. The number of methoxy groups -OCH3 is 1. The number of hydrogen-bond donors (Lipinski definition) is 2. The molecule has 2 N–H and O–H groups in total. The van der Waals surface area contributed by atoms with E-state index in [0.717, 1.165) is 12.1 Å². The molecular weight excluding hydrogens is 383 g/mol. The molecular formula is C18H13ClF3N3O2. The summed E-state index contributed by atoms with van der Waals surface area (Å²) in [6.07, 6.45) is -4.60. The van der Waals surface area contributed by atoms with Crippen molar-refractivity contribution in [3.8, 4) is 17.0 Å². The molecule has 9 heteroatoms. The normalized spacial score (nSPS) is 11.3. The summed E-state index contributed by atoms with van der Waals surface area (Å²) in [6, 6.07) is 11.5. The molecule has 0 radical (unpaired) electrons. The molecule has 0 fully saturated rings. The molecule has 27 heavy (non-hydrogen) atoms. The molecule has 3 rings (SSSR count). The van der Waals surface area contributed by atoms with Gasteiger partial charge in [-0.15, -0.1) is 0 Å². The third kappa shape index (κ3) is 4.40. The zero-order valence-corrected chi connectivity index (χ0v) is 14.7. The summed E-state index contributed by atoms with van der Waals surface area (Å²) in [5.41, 5.74) is -0.408. The van der Waals surface area contributed by atoms with E-state index in [2.05, 4.69) is 15.3 Å². The molecule has 0 saturated heterocycles. The van der Waals surface area contributed by atoms with Crippen molar-refractivity contribution in [3.63, 3.8) is 0 Å². The van der Waals surface area contributed by atoms with Crippen molar-refractivity contribution in [1.29, 1.82) is 0 Å². The molecule has 5 nitrogen and oxygen atoms in total. The van der Waals surface area contributed by atoms with Gasteiger partial charge in [-0.2, -0.15) is 13.2 Å². The maximum Gasteiger partial charge on any atom is 0.417 e. The fourth-order valence-electron chi connectivity index (χ4n) is 2.40. The quantitative estimate of drug-likeness (QED) is 0.662. The van der Waals surface area contributed by atoms with Crippen LogP contribution in [-0.4, -0.2) is 17.1 Å². The molecule has 0 unspecified atom stereocenters. The minimum atomic E-state index is -4.60. The number of ether oxygens (including phenoxy) is 1. The lowest BCUT2D eigenvalue weighted by atomic mass is 10.1. The zero-order valence-electron chi connectivity index (χ0n) is 13.9. The Bertz CT molecular complexity index is 1030. The second-order valence-corrected chi connectivity index (χ2v) is 5.94. The molecule has 0 aliphatic heterocycles. The van der Waals surface area contributed by atoms with Gasteiger partial charge in [-0.25, -0.2) is 4.98 Å². The van der Waals surface area contributed by atoms with E-state index in [-0.39, 0.29) is 11.6 Å². The van der Waals surface area contributed by atoms with Crippen LogP contribution in [0.1, 0.15) is 5.56 Å². The maximum absolute atomic E-state index is 13.0. The van der Waals surface area contributed by atoms with E-state index < -0.39 is 22.3 Å². The lowest BCUT2D eigenvalue weighted by Crippen LogP contribution is -2.11. The van der Waals surface area contributed by atoms with E-state index in [4.69, 9.17) is 16.3 Å². The number of nitrogens with one attached hydrogen (secondary N) is 2. The van der Waals surface area contributed by atoms with Gasteiger partial charge >= 0.3 is 6.18 Å². The van der Waals surface area contributed by atoms with Crippen molar-refractivity contribution in [2.45, 2.75) is 6.18 Å². The standard InChI is InChI=1S/C18H13ClF3N3O2/c1-27-12-4-2-3-10(7-12)15-9-16(26)25-17(24-15)23-11-5-6-14(19)13(8-11)18(20,21)22/h2-9H,1H3,(H2,23,24,25,26). The minimum Gasteiger partial charge on any atom is -0.497 e. The van der Waals surface area contributed by atoms with Crippen molar-refractivity contribution in [3.05, 3.63) is 69.5 Å². The van der Waals surface area contributed by atoms with Gasteiger partial charge in [0, 0.05) is 17.3 Å². The number of rotatable bonds is 4. The number of halogens is 4. The molecule has 0 saturated carbocycles. The Morgan fingerprint density at radius 3 is 2.63 bits per heavy atom. The first kappa shape index (κ1) is 18.8. The highest BCUT2D eigenvalue weighted by molar-refractivity contribution is 6.31. The van der Waals surface area contributed by atoms with Crippen LogP contribution < -0.4 is 15.6 Å². The fourth-order valence-corrected chi connectivity index (χ4v) is 2.63. The Hall–Kier alpha value is -3.00. The molecule has 140 valence electrons. The van der Waals surface area contributed by atoms with Crippen LogP contribution in [0, 0.1) is 0 Å². The third-order valence-corrected chi connectivity index (χ3v) is 3.97. The monoisotopic (exact) mass is 395 g/mol. The third-order valence-electron chi connectivity index (χ3n) is 3.64. The predicted molar refractivity (Wildman–Crippen MR) is 96.6 cm³/mol. The van der Waals surface area contributed by atoms with Gasteiger partial charge in [0.2, 0.25) is 5.95 Å². The van der Waals surface area contributed by atoms with Crippen LogP contribution in [-0.2, 0) is 6.18 Å². The first-order chi connectivity index (χ1) is 12.8. The molecule has 0 bridgehead atoms. The number of alkyl halides is 3. The van der Waals surface area contributed by atoms with E-state index >= 15 is 0 Å². The summed E-state index contributed by atoms with van der Waals surface area (Å²) in [5.74, 6) is 0.576. The highest BCUT2D eigenvalue weighted by Crippen LogP contribution is 2.36. The van der Waals surface area contributed by atoms with Gasteiger partial charge in [-0.05, 0) is 30.3 Å². The molecule has 0 atom stereocenters. The summed E-state index contributed by atoms with van der Waals surface area (Å²) in [6.45, 7) is 0. The first-order valence-electron chi connectivity index (χ1n) is 7.66. The van der Waals surface area contributed by atoms with Crippen LogP contribution in [0.5, 0.6) is 5.75 Å². The van der Waals surface area contributed by atoms with Gasteiger partial charge in [0.05, 0.1) is 23.4 Å². The van der Waals surface area contributed by atoms with Crippen LogP contribution in [0.2, 0.25) is 5.02 Å². The number of nitrogens with zero attached hydrogens (tertiary/aromatic N) is 1. The molecule has 2 aromatic carbocycles. The Morgan fingerprint density at radius 1 is 1.15 bits per heavy atom. The molecule has 1 aromatic heterocycles. The number of aromatic amines is 1. The minimum absolute atomic E-state index is 0.00392. The molecule has 3 aromatic rings. The lowest BCUT2D eigenvalue weighted by molar-refractivity contribution is -0.137. The summed E-state index contributed by atoms with van der Waals surface area (Å²) in [4.78, 5) is 18.6. The van der Waals surface area contributed by atoms with Crippen molar-refractivity contribution in [2.75, 3.05) is 12.4 Å². The van der Waals surface area contributed by atoms with Crippen molar-refractivity contribution < 1.29 is 17.9 Å². The molecule has 1 heterocycles. The average molecular weight is 396 g/mol. The van der Waals surface area contributed by atoms with Crippen LogP contribution in [0.3, 0.4) is 0 Å². The van der Waals surface area contributed by atoms with Crippen LogP contribution >= 0.6 is 11.6 Å². The number of benzene rings is 2. The van der Waals surface area contributed by atoms with E-state index in [1.54, 1.807) is 24.3 Å². The van der Waals surface area contributed by atoms with Crippen molar-refractivity contribution in [2.24, 2.45) is 0 Å². The topological polar surface area (TPSA) is 67.0 Å². The highest BCUT2D eigenvalue weighted by atomic mass is 35.5. The summed E-state index contributed by atoms with van der Waals surface area (Å²) in [5, 5.41) is 2.25. The second kappa shape index (κ2) is 7.32. The van der Waals surface area contributed by atoms with Crippen molar-refractivity contribution >= 4 is 23.2 Å². The summed E-state index contributed by atoms with van der Waals surface area (Å²) >= 11 is 5.61. The molecule has 0 aliphatic carbocycles.